The SMILES string of the molecule is C.C.C1CCCC1.C1CCCC1.C1CCCC1.C1CCCC1.C1CCCC1.C1CCCC1.CC(=O)OCC1CCCC1SC(C)(C)C.CC(=O)OCC1CCCC1SC(C)(C)C.CC(C)(C)SC1CCCC1CO.CC(C)(C)SC1CCCC1COCCCO.CN(C)CC1CCCC1.CN(C)CC1CCCC1SC(C)(C)C.F.F.[CH3-].[CH3-].[CH3-].[CH3-].[CH3-].[CH3-].[CH3-].[CH3-].[CH3-].[CH3-].[CH3-].[CH3-].[Fe+2].[Fe+2].[Fe+2].[Fe+2].[Fe+2].[Fe+2]. The smallest absolute Gasteiger partial charge is 0.466 e. The van der Waals surface area contributed by atoms with Crippen LogP contribution in [-0.4, -0.2) is 163 Å². The molecule has 12 fully saturated rings. The van der Waals surface area contributed by atoms with Gasteiger partial charge in [0.15, 0.2) is 0 Å². The van der Waals surface area contributed by atoms with E-state index in [4.69, 9.17) is 24.4 Å². The van der Waals surface area contributed by atoms with E-state index in [1.165, 1.54) is 342 Å². The zero-order valence-corrected chi connectivity index (χ0v) is 103. The number of thioether (sulfide) groups is 5. The van der Waals surface area contributed by atoms with Gasteiger partial charge in [-0.05, 0) is 135 Å². The molecule has 0 bridgehead atoms. The first-order valence-electron chi connectivity index (χ1n) is 47.2. The third-order valence-corrected chi connectivity index (χ3v) is 30.8. The zero-order chi connectivity index (χ0) is 82.8. The van der Waals surface area contributed by atoms with Crippen LogP contribution < -0.4 is 0 Å². The van der Waals surface area contributed by atoms with Gasteiger partial charge in [-0.15, -0.1) is 0 Å². The van der Waals surface area contributed by atoms with Gasteiger partial charge in [0.25, 0.3) is 0 Å². The monoisotopic (exact) mass is 2250 g/mol. The van der Waals surface area contributed by atoms with Crippen LogP contribution in [0.4, 0.5) is 9.41 Å². The first-order valence-corrected chi connectivity index (χ1v) is 51.6. The largest absolute Gasteiger partial charge is 2.00 e. The molecule has 9 nitrogen and oxygen atoms in total. The van der Waals surface area contributed by atoms with Crippen LogP contribution in [0.1, 0.15) is 454 Å². The molecule has 0 amide bonds. The molecule has 0 aromatic heterocycles. The van der Waals surface area contributed by atoms with Crippen molar-refractivity contribution in [1.29, 1.82) is 0 Å². The molecule has 133 heavy (non-hydrogen) atoms. The van der Waals surface area contributed by atoms with Crippen LogP contribution in [0.5, 0.6) is 0 Å². The number of carbonyl (C=O) groups excluding carboxylic acids is 2. The Morgan fingerprint density at radius 2 is 0.466 bits per heavy atom. The third-order valence-electron chi connectivity index (χ3n) is 22.7. The Hall–Kier alpha value is 3.47. The van der Waals surface area contributed by atoms with E-state index in [-0.39, 0.29) is 234 Å². The standard InChI is InChI=1S/C13H26O2S.C12H25NS.2C12H22O2S.C10H20OS.C8H17N.6C5H10.2CH4.12CH3.2FH.6Fe/c1-13(2,3)16-12-7-4-6-11(12)10-15-9-5-8-14;1-12(2,3)14-11-8-6-7-10(11)9-13(4)5;2*1-9(13)14-8-10-6-5-7-11(10)15-12(2,3)4;1-10(2,3)12-9-6-4-5-8(9)7-11;1-9(2)7-8-5-3-4-6-8;6*1-2-4-5-3-1;;;;;;;;;;;;;;;;;;;;;;/h11-12,14H,4-10H2,1-3H3;10-11H,6-9H2,1-5H3;2*10-11H,5-8H2,1-4H3;8-9,11H,4-7H2,1-3H3;8H,3-7H2,1-2H3;6*1-5H2;2*1H4;12*1H3;2*1H;;;;;;/q;;;;;;;;;;;;;;12*-1;;;6*+2. The molecule has 0 aliphatic heterocycles. The number of hydrogen-bond acceptors (Lipinski definition) is 14. The minimum absolute atomic E-state index is 0. The number of carbonyl (C=O) groups is 2. The second-order valence-corrected chi connectivity index (χ2v) is 50.8. The van der Waals surface area contributed by atoms with E-state index in [0.717, 1.165) is 41.3 Å². The van der Waals surface area contributed by atoms with Gasteiger partial charge in [-0.25, -0.2) is 0 Å². The topological polar surface area (TPSA) is 109 Å². The van der Waals surface area contributed by atoms with Gasteiger partial charge < -0.3 is 123 Å². The molecule has 10 unspecified atom stereocenters. The van der Waals surface area contributed by atoms with Gasteiger partial charge >= 0.3 is 114 Å². The van der Waals surface area contributed by atoms with E-state index in [2.05, 4.69) is 165 Å². The fraction of sp³-hybridized carbons (Fsp3) is 0.874. The molecule has 12 saturated carbocycles. The second kappa shape index (κ2) is 117. The molecule has 0 saturated heterocycles. The number of rotatable bonds is 19. The Labute approximate surface area is 926 Å². The Bertz CT molecular complexity index is 1990. The average Bonchev–Trinajstić information content (AvgIpc) is 1.77. The van der Waals surface area contributed by atoms with Crippen molar-refractivity contribution in [2.24, 2.45) is 35.5 Å². The summed E-state index contributed by atoms with van der Waals surface area (Å²) in [4.78, 5) is 26.2. The number of aliphatic hydroxyl groups excluding tert-OH is 2. The van der Waals surface area contributed by atoms with Gasteiger partial charge in [-0.1, -0.05) is 356 Å². The number of hydrogen-bond donors (Lipinski definition) is 2. The van der Waals surface area contributed by atoms with Crippen molar-refractivity contribution >= 4 is 70.7 Å². The minimum atomic E-state index is -0.151. The summed E-state index contributed by atoms with van der Waals surface area (Å²) < 4.78 is 17.6. The molecule has 12 rings (SSSR count). The maximum absolute atomic E-state index is 10.8. The molecule has 0 radical (unpaired) electrons. The number of esters is 2. The zero-order valence-electron chi connectivity index (χ0n) is 92.7. The van der Waals surface area contributed by atoms with Gasteiger partial charge in [-0.2, -0.15) is 58.8 Å². The fourth-order valence-corrected chi connectivity index (χ4v) is 25.4. The van der Waals surface area contributed by atoms with Gasteiger partial charge in [0.1, 0.15) is 0 Å². The predicted octanol–water partition coefficient (Wildman–Crippen LogP) is 35.9. The predicted molar refractivity (Wildman–Crippen MR) is 598 cm³/mol. The molecule has 0 spiro atoms. The van der Waals surface area contributed by atoms with Crippen molar-refractivity contribution in [3.05, 3.63) is 89.1 Å². The number of aliphatic hydroxyl groups is 2. The summed E-state index contributed by atoms with van der Waals surface area (Å²) >= 11 is 10.4. The van der Waals surface area contributed by atoms with E-state index in [0.29, 0.717) is 83.7 Å². The van der Waals surface area contributed by atoms with E-state index < -0.39 is 0 Å². The van der Waals surface area contributed by atoms with Crippen LogP contribution in [0.25, 0.3) is 0 Å². The van der Waals surface area contributed by atoms with Crippen LogP contribution in [0.2, 0.25) is 0 Å². The van der Waals surface area contributed by atoms with Crippen molar-refractivity contribution in [2.75, 3.05) is 80.9 Å². The molecular weight excluding hydrogens is 2010 g/mol. The first kappa shape index (κ1) is 191. The van der Waals surface area contributed by atoms with Crippen LogP contribution >= 0.6 is 58.8 Å². The number of halogens is 2. The maximum atomic E-state index is 10.8. The minimum Gasteiger partial charge on any atom is -0.466 e. The van der Waals surface area contributed by atoms with Gasteiger partial charge in [0.05, 0.1) is 19.8 Å². The molecular formula is C111H238F2Fe6N2O7S5. The molecule has 22 heteroatoms. The third kappa shape index (κ3) is 121. The van der Waals surface area contributed by atoms with E-state index in [1.54, 1.807) is 0 Å². The van der Waals surface area contributed by atoms with Crippen LogP contribution in [0, 0.1) is 125 Å². The quantitative estimate of drug-likeness (QED) is 0.0554. The van der Waals surface area contributed by atoms with Crippen molar-refractivity contribution < 1.29 is 146 Å². The molecule has 12 aliphatic rings. The molecule has 826 valence electrons. The van der Waals surface area contributed by atoms with Gasteiger partial charge in [0, 0.05) is 109 Å². The molecule has 10 atom stereocenters. The summed E-state index contributed by atoms with van der Waals surface area (Å²) in [5, 5.41) is 21.5. The summed E-state index contributed by atoms with van der Waals surface area (Å²) in [5.74, 6) is 4.06. The Balaban J connectivity index is -0.0000000508. The van der Waals surface area contributed by atoms with E-state index in [1.807, 2.05) is 35.3 Å². The molecule has 12 aliphatic carbocycles. The summed E-state index contributed by atoms with van der Waals surface area (Å²) in [6, 6.07) is 0. The normalized spacial score (nSPS) is 21.9. The van der Waals surface area contributed by atoms with Crippen molar-refractivity contribution in [1.82, 2.24) is 9.80 Å². The molecule has 0 aromatic rings. The maximum Gasteiger partial charge on any atom is 2.00 e. The second-order valence-electron chi connectivity index (χ2n) is 40.5. The summed E-state index contributed by atoms with van der Waals surface area (Å²) in [7, 11) is 8.71. The van der Waals surface area contributed by atoms with Crippen molar-refractivity contribution in [3.63, 3.8) is 0 Å². The Morgan fingerprint density at radius 1 is 0.278 bits per heavy atom. The van der Waals surface area contributed by atoms with Crippen LogP contribution in [0.3, 0.4) is 0 Å². The van der Waals surface area contributed by atoms with Gasteiger partial charge in [0.2, 0.25) is 0 Å². The number of nitrogens with zero attached hydrogens (tertiary/aromatic N) is 2. The van der Waals surface area contributed by atoms with E-state index in [9.17, 15) is 9.59 Å². The summed E-state index contributed by atoms with van der Waals surface area (Å²) in [6.45, 7) is 43.1. The summed E-state index contributed by atoms with van der Waals surface area (Å²) in [5.41, 5.74) is 0. The van der Waals surface area contributed by atoms with E-state index >= 15 is 0 Å². The average molecular weight is 2250 g/mol. The van der Waals surface area contributed by atoms with Crippen LogP contribution in [0.15, 0.2) is 0 Å². The molecule has 0 aromatic carbocycles. The van der Waals surface area contributed by atoms with Crippen molar-refractivity contribution in [3.8, 4) is 0 Å². The van der Waals surface area contributed by atoms with Crippen LogP contribution in [-0.2, 0) is 126 Å². The van der Waals surface area contributed by atoms with Crippen molar-refractivity contribution in [2.45, 2.75) is 504 Å². The Kier molecular flexibility index (Phi) is 169. The number of ether oxygens (including phenoxy) is 3. The summed E-state index contributed by atoms with van der Waals surface area (Å²) in [6.07, 6.45) is 71.3. The fourth-order valence-electron chi connectivity index (χ4n) is 17.4. The molecule has 0 heterocycles. The Morgan fingerprint density at radius 3 is 0.654 bits per heavy atom. The first-order chi connectivity index (χ1) is 52.5. The molecule has 2 N–H and O–H groups in total. The van der Waals surface area contributed by atoms with Gasteiger partial charge in [-0.3, -0.25) is 19.0 Å².